The third-order valence-electron chi connectivity index (χ3n) is 6.25. The van der Waals surface area contributed by atoms with E-state index in [-0.39, 0.29) is 36.7 Å². The lowest BCUT2D eigenvalue weighted by Gasteiger charge is -2.24. The van der Waals surface area contributed by atoms with Crippen LogP contribution in [0.4, 0.5) is 10.3 Å². The topological polar surface area (TPSA) is 98.8 Å². The highest BCUT2D eigenvalue weighted by Crippen LogP contribution is 2.26. The summed E-state index contributed by atoms with van der Waals surface area (Å²) >= 11 is 0. The molecule has 2 aromatic heterocycles. The number of nitrogens with one attached hydrogen (secondary N) is 1. The summed E-state index contributed by atoms with van der Waals surface area (Å²) in [5, 5.41) is 2.82. The van der Waals surface area contributed by atoms with Crippen molar-refractivity contribution in [2.75, 3.05) is 32.1 Å². The first-order valence-electron chi connectivity index (χ1n) is 12.2. The van der Waals surface area contributed by atoms with E-state index in [2.05, 4.69) is 10.3 Å². The molecule has 1 N–H and O–H groups in total. The molecule has 5 rings (SSSR count). The molecule has 0 bridgehead atoms. The molecular weight excluding hydrogens is 491 g/mol. The molecule has 1 atom stereocenters. The first-order chi connectivity index (χ1) is 18.5. The second-order valence-electron chi connectivity index (χ2n) is 8.87. The van der Waals surface area contributed by atoms with Crippen molar-refractivity contribution in [1.29, 1.82) is 0 Å². The molecule has 38 heavy (non-hydrogen) atoms. The number of amides is 2. The summed E-state index contributed by atoms with van der Waals surface area (Å²) in [7, 11) is 1.59. The molecule has 0 spiro atoms. The molecule has 1 saturated heterocycles. The Hall–Kier alpha value is -4.44. The molecule has 2 amide bonds. The van der Waals surface area contributed by atoms with Crippen LogP contribution in [0.5, 0.6) is 5.75 Å². The SMILES string of the molecule is COc1ccc(-c2cn(-c3ccc(F)cc3)c(NC(=O)CN(CC3CCCO3)C(=O)c3ccco3)n2)cc1. The van der Waals surface area contributed by atoms with E-state index in [0.29, 0.717) is 23.7 Å². The van der Waals surface area contributed by atoms with Gasteiger partial charge in [-0.05, 0) is 73.5 Å². The number of ether oxygens (including phenoxy) is 2. The smallest absolute Gasteiger partial charge is 0.290 e. The van der Waals surface area contributed by atoms with Gasteiger partial charge in [0.15, 0.2) is 5.76 Å². The van der Waals surface area contributed by atoms with Crippen LogP contribution in [0.25, 0.3) is 16.9 Å². The molecular formula is C28H27FN4O5. The monoisotopic (exact) mass is 518 g/mol. The van der Waals surface area contributed by atoms with Crippen LogP contribution in [-0.2, 0) is 9.53 Å². The third kappa shape index (κ3) is 5.76. The molecule has 9 nitrogen and oxygen atoms in total. The van der Waals surface area contributed by atoms with Gasteiger partial charge in [0, 0.05) is 30.6 Å². The number of methoxy groups -OCH3 is 1. The summed E-state index contributed by atoms with van der Waals surface area (Å²) < 4.78 is 31.5. The first-order valence-corrected chi connectivity index (χ1v) is 12.2. The van der Waals surface area contributed by atoms with Crippen LogP contribution in [0.1, 0.15) is 23.4 Å². The van der Waals surface area contributed by atoms with Crippen molar-refractivity contribution < 1.29 is 27.9 Å². The van der Waals surface area contributed by atoms with Gasteiger partial charge in [0.05, 0.1) is 25.2 Å². The van der Waals surface area contributed by atoms with Gasteiger partial charge in [-0.15, -0.1) is 0 Å². The summed E-state index contributed by atoms with van der Waals surface area (Å²) in [4.78, 5) is 32.4. The Labute approximate surface area is 218 Å². The van der Waals surface area contributed by atoms with Crippen LogP contribution < -0.4 is 10.1 Å². The van der Waals surface area contributed by atoms with Gasteiger partial charge in [-0.25, -0.2) is 9.37 Å². The zero-order valence-electron chi connectivity index (χ0n) is 20.8. The van der Waals surface area contributed by atoms with Gasteiger partial charge in [0.2, 0.25) is 11.9 Å². The molecule has 0 saturated carbocycles. The zero-order valence-corrected chi connectivity index (χ0v) is 20.8. The van der Waals surface area contributed by atoms with Crippen molar-refractivity contribution in [3.63, 3.8) is 0 Å². The third-order valence-corrected chi connectivity index (χ3v) is 6.25. The maximum absolute atomic E-state index is 13.6. The minimum atomic E-state index is -0.446. The number of anilines is 1. The lowest BCUT2D eigenvalue weighted by molar-refractivity contribution is -0.117. The normalized spacial score (nSPS) is 14.8. The highest BCUT2D eigenvalue weighted by Gasteiger charge is 2.27. The van der Waals surface area contributed by atoms with Crippen LogP contribution in [0.3, 0.4) is 0 Å². The summed E-state index contributed by atoms with van der Waals surface area (Å²) in [5.74, 6) is -0.149. The van der Waals surface area contributed by atoms with Gasteiger partial charge in [-0.1, -0.05) is 0 Å². The lowest BCUT2D eigenvalue weighted by Crippen LogP contribution is -2.42. The van der Waals surface area contributed by atoms with Gasteiger partial charge >= 0.3 is 0 Å². The number of benzene rings is 2. The van der Waals surface area contributed by atoms with Crippen molar-refractivity contribution in [3.8, 4) is 22.7 Å². The molecule has 10 heteroatoms. The summed E-state index contributed by atoms with van der Waals surface area (Å²) in [6, 6.07) is 16.4. The van der Waals surface area contributed by atoms with E-state index in [1.54, 1.807) is 42.1 Å². The van der Waals surface area contributed by atoms with E-state index in [1.807, 2.05) is 24.3 Å². The quantitative estimate of drug-likeness (QED) is 0.349. The van der Waals surface area contributed by atoms with Gasteiger partial charge in [0.25, 0.3) is 5.91 Å². The number of carbonyl (C=O) groups excluding carboxylic acids is 2. The number of hydrogen-bond acceptors (Lipinski definition) is 6. The predicted molar refractivity (Wildman–Crippen MR) is 138 cm³/mol. The van der Waals surface area contributed by atoms with E-state index in [0.717, 1.165) is 18.4 Å². The van der Waals surface area contributed by atoms with Crippen molar-refractivity contribution >= 4 is 17.8 Å². The number of rotatable bonds is 9. The average Bonchev–Trinajstić information content (AvgIpc) is 3.71. The molecule has 1 aliphatic rings. The lowest BCUT2D eigenvalue weighted by atomic mass is 10.1. The number of hydrogen-bond donors (Lipinski definition) is 1. The molecule has 0 aliphatic carbocycles. The van der Waals surface area contributed by atoms with E-state index >= 15 is 0 Å². The molecule has 0 radical (unpaired) electrons. The Morgan fingerprint density at radius 1 is 1.16 bits per heavy atom. The second-order valence-corrected chi connectivity index (χ2v) is 8.87. The highest BCUT2D eigenvalue weighted by atomic mass is 19.1. The molecule has 1 unspecified atom stereocenters. The van der Waals surface area contributed by atoms with E-state index in [1.165, 1.54) is 23.3 Å². The molecule has 1 fully saturated rings. The zero-order chi connectivity index (χ0) is 26.5. The van der Waals surface area contributed by atoms with Gasteiger partial charge in [-0.3, -0.25) is 19.5 Å². The van der Waals surface area contributed by atoms with Crippen LogP contribution in [0, 0.1) is 5.82 Å². The number of halogens is 1. The van der Waals surface area contributed by atoms with Gasteiger partial charge in [0.1, 0.15) is 18.1 Å². The van der Waals surface area contributed by atoms with Crippen molar-refractivity contribution in [2.45, 2.75) is 18.9 Å². The fourth-order valence-electron chi connectivity index (χ4n) is 4.31. The summed E-state index contributed by atoms with van der Waals surface area (Å²) in [6.07, 6.45) is 4.73. The molecule has 196 valence electrons. The Bertz CT molecular complexity index is 1380. The Balaban J connectivity index is 1.40. The summed E-state index contributed by atoms with van der Waals surface area (Å²) in [5.41, 5.74) is 2.00. The highest BCUT2D eigenvalue weighted by molar-refractivity contribution is 5.97. The predicted octanol–water partition coefficient (Wildman–Crippen LogP) is 4.54. The average molecular weight is 519 g/mol. The number of imidazole rings is 1. The van der Waals surface area contributed by atoms with E-state index in [9.17, 15) is 14.0 Å². The largest absolute Gasteiger partial charge is 0.497 e. The summed E-state index contributed by atoms with van der Waals surface area (Å²) in [6.45, 7) is 0.660. The van der Waals surface area contributed by atoms with Gasteiger partial charge in [-0.2, -0.15) is 0 Å². The number of aromatic nitrogens is 2. The minimum Gasteiger partial charge on any atom is -0.497 e. The standard InChI is InChI=1S/C28H27FN4O5/c1-36-22-12-6-19(7-13-22)24-17-33(21-10-8-20(29)9-11-21)28(30-24)31-26(34)18-32(16-23-4-2-14-37-23)27(35)25-5-3-15-38-25/h3,5-13,15,17,23H,2,4,14,16,18H2,1H3,(H,30,31,34). The minimum absolute atomic E-state index is 0.144. The Morgan fingerprint density at radius 3 is 2.61 bits per heavy atom. The molecule has 1 aliphatic heterocycles. The molecule has 2 aromatic carbocycles. The maximum Gasteiger partial charge on any atom is 0.290 e. The van der Waals surface area contributed by atoms with Gasteiger partial charge < -0.3 is 18.8 Å². The van der Waals surface area contributed by atoms with Crippen molar-refractivity contribution in [2.24, 2.45) is 0 Å². The molecule has 3 heterocycles. The van der Waals surface area contributed by atoms with Crippen LogP contribution in [-0.4, -0.2) is 59.2 Å². The second kappa shape index (κ2) is 11.3. The maximum atomic E-state index is 13.6. The molecule has 4 aromatic rings. The first kappa shape index (κ1) is 25.2. The Kier molecular flexibility index (Phi) is 7.50. The van der Waals surface area contributed by atoms with Crippen molar-refractivity contribution in [3.05, 3.63) is 84.7 Å². The van der Waals surface area contributed by atoms with Crippen molar-refractivity contribution in [1.82, 2.24) is 14.5 Å². The Morgan fingerprint density at radius 2 is 1.95 bits per heavy atom. The van der Waals surface area contributed by atoms with E-state index in [4.69, 9.17) is 13.9 Å². The van der Waals surface area contributed by atoms with Crippen LogP contribution in [0.2, 0.25) is 0 Å². The van der Waals surface area contributed by atoms with Crippen LogP contribution in [0.15, 0.2) is 77.5 Å². The van der Waals surface area contributed by atoms with E-state index < -0.39 is 11.8 Å². The fraction of sp³-hybridized carbons (Fsp3) is 0.250. The fourth-order valence-corrected chi connectivity index (χ4v) is 4.31. The number of furan rings is 1. The van der Waals surface area contributed by atoms with Crippen LogP contribution >= 0.6 is 0 Å². The number of nitrogens with zero attached hydrogens (tertiary/aromatic N) is 3. The number of carbonyl (C=O) groups is 2.